The molecule has 0 spiro atoms. The smallest absolute Gasteiger partial charge is 0.189 e. The van der Waals surface area contributed by atoms with Crippen LogP contribution in [0.1, 0.15) is 0 Å². The molecule has 0 aliphatic rings. The highest BCUT2D eigenvalue weighted by Crippen LogP contribution is 2.29. The number of halogens is 3. The Kier molecular flexibility index (Phi) is 3.48. The monoisotopic (exact) mass is 323 g/mol. The van der Waals surface area contributed by atoms with Crippen molar-refractivity contribution in [1.29, 1.82) is 0 Å². The molecule has 3 aromatic rings. The van der Waals surface area contributed by atoms with Crippen LogP contribution in [-0.4, -0.2) is 20.2 Å². The van der Waals surface area contributed by atoms with Gasteiger partial charge in [-0.05, 0) is 46.8 Å². The molecule has 0 amide bonds. The third-order valence-corrected chi connectivity index (χ3v) is 3.40. The molecule has 2 N–H and O–H groups in total. The summed E-state index contributed by atoms with van der Waals surface area (Å²) >= 11 is 11.8. The first kappa shape index (κ1) is 13.8. The van der Waals surface area contributed by atoms with Crippen LogP contribution in [0, 0.1) is 5.82 Å². The van der Waals surface area contributed by atoms with Crippen LogP contribution in [0.5, 0.6) is 0 Å². The van der Waals surface area contributed by atoms with Crippen molar-refractivity contribution < 1.29 is 4.39 Å². The number of nitrogens with two attached hydrogens (primary N) is 1. The van der Waals surface area contributed by atoms with Crippen LogP contribution in [0.25, 0.3) is 17.1 Å². The van der Waals surface area contributed by atoms with E-state index in [1.165, 1.54) is 22.9 Å². The van der Waals surface area contributed by atoms with Crippen LogP contribution >= 0.6 is 23.2 Å². The summed E-state index contributed by atoms with van der Waals surface area (Å²) in [5.41, 5.74) is 7.50. The third-order valence-electron chi connectivity index (χ3n) is 2.87. The lowest BCUT2D eigenvalue weighted by atomic mass is 10.1. The summed E-state index contributed by atoms with van der Waals surface area (Å²) in [4.78, 5) is 0. The zero-order valence-electron chi connectivity index (χ0n) is 10.5. The Morgan fingerprint density at radius 3 is 2.67 bits per heavy atom. The van der Waals surface area contributed by atoms with E-state index >= 15 is 0 Å². The van der Waals surface area contributed by atoms with E-state index in [0.717, 1.165) is 0 Å². The third kappa shape index (κ3) is 2.55. The Hall–Kier alpha value is -2.18. The summed E-state index contributed by atoms with van der Waals surface area (Å²) < 4.78 is 14.7. The summed E-state index contributed by atoms with van der Waals surface area (Å²) in [6.45, 7) is 0. The molecule has 5 nitrogen and oxygen atoms in total. The highest BCUT2D eigenvalue weighted by molar-refractivity contribution is 6.31. The first-order valence-corrected chi connectivity index (χ1v) is 6.61. The van der Waals surface area contributed by atoms with Crippen molar-refractivity contribution in [3.8, 4) is 17.1 Å². The number of hydrogen-bond acceptors (Lipinski definition) is 4. The highest BCUT2D eigenvalue weighted by Gasteiger charge is 2.15. The predicted molar refractivity (Wildman–Crippen MR) is 79.0 cm³/mol. The number of hydrogen-bond donors (Lipinski definition) is 1. The molecule has 1 aromatic heterocycles. The number of nitrogen functional groups attached to an aromatic ring is 1. The van der Waals surface area contributed by atoms with Crippen LogP contribution in [0.2, 0.25) is 10.0 Å². The minimum Gasteiger partial charge on any atom is -0.398 e. The Labute approximate surface area is 129 Å². The van der Waals surface area contributed by atoms with Crippen LogP contribution in [0.4, 0.5) is 10.1 Å². The second kappa shape index (κ2) is 5.31. The van der Waals surface area contributed by atoms with Crippen molar-refractivity contribution in [3.63, 3.8) is 0 Å². The molecule has 21 heavy (non-hydrogen) atoms. The van der Waals surface area contributed by atoms with Gasteiger partial charge in [0, 0.05) is 16.3 Å². The summed E-state index contributed by atoms with van der Waals surface area (Å²) in [7, 11) is 0. The quantitative estimate of drug-likeness (QED) is 0.734. The molecule has 0 saturated heterocycles. The second-order valence-electron chi connectivity index (χ2n) is 4.24. The van der Waals surface area contributed by atoms with E-state index in [1.807, 2.05) is 0 Å². The fourth-order valence-electron chi connectivity index (χ4n) is 1.87. The Bertz CT molecular complexity index is 818. The Morgan fingerprint density at radius 2 is 1.90 bits per heavy atom. The normalized spacial score (nSPS) is 10.8. The highest BCUT2D eigenvalue weighted by atomic mass is 35.5. The minimum absolute atomic E-state index is 0.0204. The molecule has 3 rings (SSSR count). The largest absolute Gasteiger partial charge is 0.398 e. The van der Waals surface area contributed by atoms with Crippen molar-refractivity contribution in [2.45, 2.75) is 0 Å². The van der Waals surface area contributed by atoms with Gasteiger partial charge in [0.2, 0.25) is 0 Å². The molecule has 0 saturated carbocycles. The van der Waals surface area contributed by atoms with Gasteiger partial charge in [0.25, 0.3) is 0 Å². The summed E-state index contributed by atoms with van der Waals surface area (Å²) in [5.74, 6) is -0.130. The summed E-state index contributed by atoms with van der Waals surface area (Å²) in [6.07, 6.45) is 0. The maximum atomic E-state index is 13.3. The van der Waals surface area contributed by atoms with E-state index in [4.69, 9.17) is 28.9 Å². The van der Waals surface area contributed by atoms with Gasteiger partial charge in [-0.2, -0.15) is 4.68 Å². The van der Waals surface area contributed by atoms with Crippen LogP contribution < -0.4 is 5.73 Å². The fraction of sp³-hybridized carbons (Fsp3) is 0. The molecule has 0 atom stereocenters. The molecule has 8 heteroatoms. The van der Waals surface area contributed by atoms with Crippen molar-refractivity contribution in [1.82, 2.24) is 20.2 Å². The summed E-state index contributed by atoms with van der Waals surface area (Å²) in [6, 6.07) is 9.17. The van der Waals surface area contributed by atoms with E-state index in [-0.39, 0.29) is 5.02 Å². The first-order valence-electron chi connectivity index (χ1n) is 5.85. The zero-order chi connectivity index (χ0) is 15.0. The average Bonchev–Trinajstić information content (AvgIpc) is 2.93. The lowest BCUT2D eigenvalue weighted by Gasteiger charge is -2.08. The minimum atomic E-state index is -0.516. The number of benzene rings is 2. The molecule has 0 aliphatic carbocycles. The van der Waals surface area contributed by atoms with Crippen molar-refractivity contribution >= 4 is 28.9 Å². The van der Waals surface area contributed by atoms with Crippen LogP contribution in [-0.2, 0) is 0 Å². The molecule has 0 unspecified atom stereocenters. The van der Waals surface area contributed by atoms with E-state index < -0.39 is 5.82 Å². The molecule has 0 bridgehead atoms. The summed E-state index contributed by atoms with van der Waals surface area (Å²) in [5, 5.41) is 11.9. The topological polar surface area (TPSA) is 69.6 Å². The lowest BCUT2D eigenvalue weighted by Crippen LogP contribution is -2.02. The maximum Gasteiger partial charge on any atom is 0.189 e. The SMILES string of the molecule is Nc1ccc(Cl)cc1-c1nnnn1-c1ccc(F)c(Cl)c1. The lowest BCUT2D eigenvalue weighted by molar-refractivity contribution is 0.627. The van der Waals surface area contributed by atoms with Gasteiger partial charge in [-0.3, -0.25) is 0 Å². The molecule has 0 radical (unpaired) electrons. The van der Waals surface area contributed by atoms with E-state index in [0.29, 0.717) is 27.8 Å². The molecule has 106 valence electrons. The number of rotatable bonds is 2. The number of nitrogens with zero attached hydrogens (tertiary/aromatic N) is 4. The molecule has 0 fully saturated rings. The van der Waals surface area contributed by atoms with E-state index in [2.05, 4.69) is 15.5 Å². The molecule has 1 heterocycles. The van der Waals surface area contributed by atoms with Gasteiger partial charge in [0.1, 0.15) is 5.82 Å². The maximum absolute atomic E-state index is 13.3. The van der Waals surface area contributed by atoms with Gasteiger partial charge >= 0.3 is 0 Å². The van der Waals surface area contributed by atoms with Crippen LogP contribution in [0.15, 0.2) is 36.4 Å². The van der Waals surface area contributed by atoms with Crippen molar-refractivity contribution in [3.05, 3.63) is 52.3 Å². The van der Waals surface area contributed by atoms with Gasteiger partial charge in [-0.1, -0.05) is 23.2 Å². The molecular weight excluding hydrogens is 316 g/mol. The van der Waals surface area contributed by atoms with E-state index in [9.17, 15) is 4.39 Å². The van der Waals surface area contributed by atoms with Crippen molar-refractivity contribution in [2.75, 3.05) is 5.73 Å². The fourth-order valence-corrected chi connectivity index (χ4v) is 2.21. The number of aromatic nitrogens is 4. The van der Waals surface area contributed by atoms with Crippen molar-refractivity contribution in [2.24, 2.45) is 0 Å². The van der Waals surface area contributed by atoms with Gasteiger partial charge in [0.15, 0.2) is 5.82 Å². The zero-order valence-corrected chi connectivity index (χ0v) is 12.0. The Morgan fingerprint density at radius 1 is 1.10 bits per heavy atom. The van der Waals surface area contributed by atoms with Crippen LogP contribution in [0.3, 0.4) is 0 Å². The van der Waals surface area contributed by atoms with E-state index in [1.54, 1.807) is 18.2 Å². The van der Waals surface area contributed by atoms with Gasteiger partial charge < -0.3 is 5.73 Å². The first-order chi connectivity index (χ1) is 10.1. The van der Waals surface area contributed by atoms with Gasteiger partial charge in [-0.25, -0.2) is 4.39 Å². The standard InChI is InChI=1S/C13H8Cl2FN5/c14-7-1-4-12(17)9(5-7)13-18-19-20-21(13)8-2-3-11(16)10(15)6-8/h1-6H,17H2. The molecular formula is C13H8Cl2FN5. The number of tetrazole rings is 1. The second-order valence-corrected chi connectivity index (χ2v) is 5.09. The predicted octanol–water partition coefficient (Wildman–Crippen LogP) is 3.36. The van der Waals surface area contributed by atoms with Gasteiger partial charge in [0.05, 0.1) is 10.7 Å². The number of anilines is 1. The molecule has 2 aromatic carbocycles. The average molecular weight is 324 g/mol. The Balaban J connectivity index is 2.17. The molecule has 0 aliphatic heterocycles. The van der Waals surface area contributed by atoms with Gasteiger partial charge in [-0.15, -0.1) is 5.10 Å².